The van der Waals surface area contributed by atoms with Gasteiger partial charge in [-0.25, -0.2) is 4.98 Å². The fourth-order valence-electron chi connectivity index (χ4n) is 2.56. The molecule has 1 N–H and O–H groups in total. The number of likely N-dealkylation sites (tertiary alicyclic amines) is 1. The maximum Gasteiger partial charge on any atom is 0.230 e. The van der Waals surface area contributed by atoms with Crippen LogP contribution in [-0.4, -0.2) is 33.4 Å². The minimum Gasteiger partial charge on any atom is -0.310 e. The van der Waals surface area contributed by atoms with Gasteiger partial charge in [-0.15, -0.1) is 0 Å². The second kappa shape index (κ2) is 6.20. The molecule has 1 aliphatic rings. The first-order valence-corrected chi connectivity index (χ1v) is 7.19. The summed E-state index contributed by atoms with van der Waals surface area (Å²) in [4.78, 5) is 17.9. The molecule has 0 bridgehead atoms. The normalized spacial score (nSPS) is 16.6. The number of anilines is 1. The van der Waals surface area contributed by atoms with Gasteiger partial charge in [0.1, 0.15) is 6.33 Å². The Kier molecular flexibility index (Phi) is 3.94. The second-order valence-corrected chi connectivity index (χ2v) is 5.35. The molecule has 0 aliphatic carbocycles. The van der Waals surface area contributed by atoms with E-state index in [1.807, 2.05) is 6.07 Å². The molecule has 3 rings (SSSR count). The number of benzene rings is 1. The Morgan fingerprint density at radius 2 is 2.26 bits per heavy atom. The molecule has 0 radical (unpaired) electrons. The van der Waals surface area contributed by atoms with Crippen LogP contribution in [0, 0.1) is 28.7 Å². The van der Waals surface area contributed by atoms with Gasteiger partial charge in [0, 0.05) is 18.8 Å². The lowest BCUT2D eigenvalue weighted by atomic mass is 10.1. The van der Waals surface area contributed by atoms with Crippen LogP contribution in [0.15, 0.2) is 36.8 Å². The van der Waals surface area contributed by atoms with Crippen LogP contribution in [0.4, 0.5) is 5.82 Å². The molecule has 1 atom stereocenters. The van der Waals surface area contributed by atoms with E-state index in [0.29, 0.717) is 30.9 Å². The quantitative estimate of drug-likeness (QED) is 0.866. The third kappa shape index (κ3) is 3.14. The van der Waals surface area contributed by atoms with Crippen molar-refractivity contribution in [1.29, 1.82) is 10.5 Å². The van der Waals surface area contributed by atoms with Crippen molar-refractivity contribution in [2.45, 2.75) is 6.42 Å². The number of imidazole rings is 1. The van der Waals surface area contributed by atoms with Crippen LogP contribution in [0.25, 0.3) is 5.69 Å². The van der Waals surface area contributed by atoms with Gasteiger partial charge in [-0.2, -0.15) is 10.5 Å². The second-order valence-electron chi connectivity index (χ2n) is 5.35. The number of carbonyl (C=O) groups is 1. The zero-order chi connectivity index (χ0) is 16.2. The fourth-order valence-corrected chi connectivity index (χ4v) is 2.56. The first-order valence-electron chi connectivity index (χ1n) is 7.19. The van der Waals surface area contributed by atoms with Crippen LogP contribution in [0.2, 0.25) is 0 Å². The van der Waals surface area contributed by atoms with E-state index < -0.39 is 0 Å². The van der Waals surface area contributed by atoms with Gasteiger partial charge in [0.2, 0.25) is 5.91 Å². The van der Waals surface area contributed by atoms with Crippen molar-refractivity contribution < 1.29 is 4.79 Å². The van der Waals surface area contributed by atoms with Crippen LogP contribution in [0.1, 0.15) is 12.0 Å². The highest BCUT2D eigenvalue weighted by molar-refractivity contribution is 5.92. The summed E-state index contributed by atoms with van der Waals surface area (Å²) >= 11 is 0. The summed E-state index contributed by atoms with van der Waals surface area (Å²) in [7, 11) is 0. The highest BCUT2D eigenvalue weighted by atomic mass is 16.2. The molecule has 1 aromatic carbocycles. The van der Waals surface area contributed by atoms with E-state index in [1.165, 1.54) is 0 Å². The lowest BCUT2D eigenvalue weighted by Gasteiger charge is -2.08. The van der Waals surface area contributed by atoms with Gasteiger partial charge in [-0.3, -0.25) is 4.79 Å². The maximum absolute atomic E-state index is 12.2. The lowest BCUT2D eigenvalue weighted by molar-refractivity contribution is -0.119. The van der Waals surface area contributed by atoms with E-state index in [4.69, 9.17) is 10.5 Å². The molecule has 0 spiro atoms. The average Bonchev–Trinajstić information content (AvgIpc) is 3.24. The molecule has 7 nitrogen and oxygen atoms in total. The number of carbonyl (C=O) groups excluding carboxylic acids is 1. The van der Waals surface area contributed by atoms with Gasteiger partial charge >= 0.3 is 0 Å². The largest absolute Gasteiger partial charge is 0.310 e. The summed E-state index contributed by atoms with van der Waals surface area (Å²) in [5.41, 5.74) is 1.36. The molecule has 2 aromatic rings. The number of hydrogen-bond donors (Lipinski definition) is 1. The van der Waals surface area contributed by atoms with Gasteiger partial charge in [-0.1, -0.05) is 6.07 Å². The van der Waals surface area contributed by atoms with Crippen LogP contribution in [0.3, 0.4) is 0 Å². The first-order chi connectivity index (χ1) is 11.2. The number of nitrogens with one attached hydrogen (secondary N) is 1. The Hall–Kier alpha value is -3.32. The molecule has 23 heavy (non-hydrogen) atoms. The minimum atomic E-state index is -0.193. The summed E-state index contributed by atoms with van der Waals surface area (Å²) in [6.45, 7) is 1.07. The Morgan fingerprint density at radius 3 is 3.00 bits per heavy atom. The average molecular weight is 306 g/mol. The molecule has 1 saturated heterocycles. The van der Waals surface area contributed by atoms with Crippen LogP contribution >= 0.6 is 0 Å². The number of amides is 1. The van der Waals surface area contributed by atoms with Crippen molar-refractivity contribution in [3.8, 4) is 17.9 Å². The van der Waals surface area contributed by atoms with E-state index in [2.05, 4.69) is 22.6 Å². The van der Waals surface area contributed by atoms with Gasteiger partial charge in [-0.05, 0) is 24.6 Å². The third-order valence-electron chi connectivity index (χ3n) is 3.81. The Bertz CT molecular complexity index is 812. The summed E-state index contributed by atoms with van der Waals surface area (Å²) in [6, 6.07) is 9.21. The molecule has 0 saturated carbocycles. The monoisotopic (exact) mass is 306 g/mol. The van der Waals surface area contributed by atoms with E-state index in [-0.39, 0.29) is 11.8 Å². The van der Waals surface area contributed by atoms with E-state index in [1.54, 1.807) is 40.2 Å². The third-order valence-corrected chi connectivity index (χ3v) is 3.81. The highest BCUT2D eigenvalue weighted by Gasteiger charge is 2.28. The number of nitrogens with zero attached hydrogens (tertiary/aromatic N) is 5. The van der Waals surface area contributed by atoms with Crippen molar-refractivity contribution >= 4 is 11.7 Å². The maximum atomic E-state index is 12.2. The van der Waals surface area contributed by atoms with Crippen molar-refractivity contribution in [1.82, 2.24) is 14.5 Å². The minimum absolute atomic E-state index is 0.126. The standard InChI is InChI=1S/C16H14N6O/c17-7-12-2-1-3-14(6-12)22-9-15(19-11-22)20-16(23)13-4-5-21(8-13)10-18/h1-3,6,9,11,13H,4-5,8H2,(H,20,23). The summed E-state index contributed by atoms with van der Waals surface area (Å²) in [6.07, 6.45) is 6.01. The van der Waals surface area contributed by atoms with Crippen molar-refractivity contribution in [3.63, 3.8) is 0 Å². The lowest BCUT2D eigenvalue weighted by Crippen LogP contribution is -2.25. The smallest absolute Gasteiger partial charge is 0.230 e. The van der Waals surface area contributed by atoms with Crippen molar-refractivity contribution in [2.24, 2.45) is 5.92 Å². The number of rotatable bonds is 3. The van der Waals surface area contributed by atoms with Gasteiger partial charge < -0.3 is 14.8 Å². The summed E-state index contributed by atoms with van der Waals surface area (Å²) < 4.78 is 1.74. The fraction of sp³-hybridized carbons (Fsp3) is 0.250. The Balaban J connectivity index is 1.69. The van der Waals surface area contributed by atoms with E-state index in [0.717, 1.165) is 5.69 Å². The molecule has 1 amide bonds. The van der Waals surface area contributed by atoms with Gasteiger partial charge in [0.15, 0.2) is 12.0 Å². The molecule has 1 aliphatic heterocycles. The molecule has 2 heterocycles. The predicted molar refractivity (Wildman–Crippen MR) is 82.2 cm³/mol. The molecule has 1 fully saturated rings. The van der Waals surface area contributed by atoms with Gasteiger partial charge in [0.25, 0.3) is 0 Å². The summed E-state index contributed by atoms with van der Waals surface area (Å²) in [5.74, 6) is 0.133. The van der Waals surface area contributed by atoms with Crippen LogP contribution in [-0.2, 0) is 4.79 Å². The topological polar surface area (TPSA) is 97.7 Å². The van der Waals surface area contributed by atoms with E-state index >= 15 is 0 Å². The molecular formula is C16H14N6O. The zero-order valence-electron chi connectivity index (χ0n) is 12.3. The predicted octanol–water partition coefficient (Wildman–Crippen LogP) is 1.49. The number of nitriles is 2. The molecular weight excluding hydrogens is 292 g/mol. The molecule has 1 aromatic heterocycles. The molecule has 114 valence electrons. The van der Waals surface area contributed by atoms with Gasteiger partial charge in [0.05, 0.1) is 23.7 Å². The zero-order valence-corrected chi connectivity index (χ0v) is 12.3. The van der Waals surface area contributed by atoms with Crippen LogP contribution in [0.5, 0.6) is 0 Å². The van der Waals surface area contributed by atoms with E-state index in [9.17, 15) is 4.79 Å². The number of aromatic nitrogens is 2. The molecule has 7 heteroatoms. The van der Waals surface area contributed by atoms with Crippen LogP contribution < -0.4 is 5.32 Å². The Morgan fingerprint density at radius 1 is 1.39 bits per heavy atom. The highest BCUT2D eigenvalue weighted by Crippen LogP contribution is 2.18. The van der Waals surface area contributed by atoms with Crippen molar-refractivity contribution in [2.75, 3.05) is 18.4 Å². The molecule has 1 unspecified atom stereocenters. The first kappa shape index (κ1) is 14.6. The number of hydrogen-bond acceptors (Lipinski definition) is 5. The summed E-state index contributed by atoms with van der Waals surface area (Å²) in [5, 5.41) is 20.5. The Labute approximate surface area is 133 Å². The SMILES string of the molecule is N#Cc1cccc(-n2cnc(NC(=O)C3CCN(C#N)C3)c2)c1. The van der Waals surface area contributed by atoms with Crippen molar-refractivity contribution in [3.05, 3.63) is 42.4 Å².